The Kier molecular flexibility index (Phi) is 5.80. The number of hydrogen-bond donors (Lipinski definition) is 2. The molecule has 0 spiro atoms. The van der Waals surface area contributed by atoms with Gasteiger partial charge in [-0.1, -0.05) is 64.8 Å². The van der Waals surface area contributed by atoms with Crippen molar-refractivity contribution in [1.82, 2.24) is 20.2 Å². The van der Waals surface area contributed by atoms with Crippen LogP contribution < -0.4 is 5.32 Å². The number of hydrogen-bond acceptors (Lipinski definition) is 5. The maximum Gasteiger partial charge on any atom is 0.236 e. The minimum atomic E-state index is -0.257. The predicted octanol–water partition coefficient (Wildman–Crippen LogP) is 4.52. The van der Waals surface area contributed by atoms with Gasteiger partial charge in [-0.2, -0.15) is 0 Å². The van der Waals surface area contributed by atoms with Crippen molar-refractivity contribution in [1.29, 1.82) is 0 Å². The van der Waals surface area contributed by atoms with Crippen LogP contribution in [0.4, 0.5) is 5.82 Å². The Morgan fingerprint density at radius 2 is 1.88 bits per heavy atom. The van der Waals surface area contributed by atoms with E-state index in [0.717, 1.165) is 5.56 Å². The fourth-order valence-electron chi connectivity index (χ4n) is 2.10. The van der Waals surface area contributed by atoms with Crippen LogP contribution in [0.3, 0.4) is 0 Å². The second-order valence-corrected chi connectivity index (χ2v) is 7.31. The van der Waals surface area contributed by atoms with Gasteiger partial charge in [0.2, 0.25) is 11.1 Å². The minimum absolute atomic E-state index is 0.130. The summed E-state index contributed by atoms with van der Waals surface area (Å²) in [5.74, 6) is 0.818. The number of carbonyl (C=O) groups excluding carboxylic acids is 1. The zero-order chi connectivity index (χ0) is 18.7. The van der Waals surface area contributed by atoms with Gasteiger partial charge < -0.3 is 5.32 Å². The highest BCUT2D eigenvalue weighted by Gasteiger charge is 2.12. The van der Waals surface area contributed by atoms with Crippen molar-refractivity contribution in [3.8, 4) is 11.4 Å². The Labute approximate surface area is 164 Å². The van der Waals surface area contributed by atoms with Gasteiger partial charge in [0.25, 0.3) is 0 Å². The molecule has 3 rings (SSSR count). The monoisotopic (exact) mass is 407 g/mol. The molecule has 0 saturated carbocycles. The van der Waals surface area contributed by atoms with Crippen molar-refractivity contribution in [3.05, 3.63) is 51.6 Å². The summed E-state index contributed by atoms with van der Waals surface area (Å²) in [6.07, 6.45) is 0. The number of pyridine rings is 1. The second kappa shape index (κ2) is 8.07. The molecule has 2 aromatic heterocycles. The highest BCUT2D eigenvalue weighted by Crippen LogP contribution is 2.26. The van der Waals surface area contributed by atoms with Gasteiger partial charge in [-0.05, 0) is 19.9 Å². The fourth-order valence-corrected chi connectivity index (χ4v) is 3.10. The molecule has 26 heavy (non-hydrogen) atoms. The molecule has 134 valence electrons. The molecular weight excluding hydrogens is 393 g/mol. The lowest BCUT2D eigenvalue weighted by atomic mass is 10.1. The Hall–Kier alpha value is -2.09. The zero-order valence-electron chi connectivity index (χ0n) is 14.0. The summed E-state index contributed by atoms with van der Waals surface area (Å²) in [5, 5.41) is 10.9. The topological polar surface area (TPSA) is 83.6 Å². The molecule has 6 nitrogen and oxygen atoms in total. The van der Waals surface area contributed by atoms with Crippen molar-refractivity contribution in [3.63, 3.8) is 0 Å². The van der Waals surface area contributed by atoms with E-state index in [0.29, 0.717) is 26.7 Å². The van der Waals surface area contributed by atoms with Crippen LogP contribution in [0.1, 0.15) is 11.3 Å². The molecule has 0 atom stereocenters. The van der Waals surface area contributed by atoms with E-state index >= 15 is 0 Å². The molecule has 0 aliphatic carbocycles. The summed E-state index contributed by atoms with van der Waals surface area (Å²) in [5.41, 5.74) is 2.70. The molecule has 2 heterocycles. The van der Waals surface area contributed by atoms with E-state index < -0.39 is 0 Å². The molecular formula is C17H15Cl2N5OS. The number of thioether (sulfide) groups is 1. The van der Waals surface area contributed by atoms with Crippen LogP contribution in [0.15, 0.2) is 35.5 Å². The van der Waals surface area contributed by atoms with Crippen LogP contribution in [-0.4, -0.2) is 31.8 Å². The average Bonchev–Trinajstić information content (AvgIpc) is 3.07. The van der Waals surface area contributed by atoms with E-state index in [1.165, 1.54) is 17.3 Å². The third-order valence-corrected chi connectivity index (χ3v) is 5.00. The summed E-state index contributed by atoms with van der Waals surface area (Å²) >= 11 is 13.2. The molecule has 3 aromatic rings. The number of aryl methyl sites for hydroxylation is 2. The number of rotatable bonds is 5. The minimum Gasteiger partial charge on any atom is -0.309 e. The van der Waals surface area contributed by atoms with Gasteiger partial charge in [0.05, 0.1) is 21.5 Å². The van der Waals surface area contributed by atoms with Crippen molar-refractivity contribution in [2.24, 2.45) is 0 Å². The molecule has 2 N–H and O–H groups in total. The molecule has 0 saturated heterocycles. The van der Waals surface area contributed by atoms with Crippen LogP contribution in [0, 0.1) is 13.8 Å². The van der Waals surface area contributed by atoms with Gasteiger partial charge >= 0.3 is 0 Å². The van der Waals surface area contributed by atoms with Gasteiger partial charge in [-0.3, -0.25) is 9.89 Å². The number of H-pyrrole nitrogens is 1. The Balaban J connectivity index is 1.60. The standard InChI is InChI=1S/C17H15Cl2N5OS/c1-9-3-5-11(6-4-9)15-22-17(24-23-15)26-8-14(25)21-16-13(19)7-12(18)10(2)20-16/h3-7H,8H2,1-2H3,(H,20,21,25)(H,22,23,24). The maximum atomic E-state index is 12.1. The normalized spacial score (nSPS) is 10.8. The lowest BCUT2D eigenvalue weighted by molar-refractivity contribution is -0.113. The second-order valence-electron chi connectivity index (χ2n) is 5.56. The molecule has 1 amide bonds. The first-order valence-electron chi connectivity index (χ1n) is 7.67. The number of halogens is 2. The fraction of sp³-hybridized carbons (Fsp3) is 0.176. The lowest BCUT2D eigenvalue weighted by Crippen LogP contribution is -2.15. The van der Waals surface area contributed by atoms with Gasteiger partial charge in [0.1, 0.15) is 0 Å². The molecule has 0 bridgehead atoms. The first-order chi connectivity index (χ1) is 12.4. The molecule has 0 aliphatic rings. The Bertz CT molecular complexity index is 943. The average molecular weight is 408 g/mol. The lowest BCUT2D eigenvalue weighted by Gasteiger charge is -2.07. The van der Waals surface area contributed by atoms with Gasteiger partial charge in [0, 0.05) is 5.56 Å². The quantitative estimate of drug-likeness (QED) is 0.607. The molecule has 0 unspecified atom stereocenters. The van der Waals surface area contributed by atoms with E-state index in [1.807, 2.05) is 31.2 Å². The predicted molar refractivity (Wildman–Crippen MR) is 105 cm³/mol. The van der Waals surface area contributed by atoms with Crippen LogP contribution in [0.5, 0.6) is 0 Å². The van der Waals surface area contributed by atoms with Gasteiger partial charge in [-0.15, -0.1) is 5.10 Å². The maximum absolute atomic E-state index is 12.1. The third kappa shape index (κ3) is 4.55. The molecule has 0 radical (unpaired) electrons. The van der Waals surface area contributed by atoms with Crippen LogP contribution >= 0.6 is 35.0 Å². The van der Waals surface area contributed by atoms with Crippen molar-refractivity contribution < 1.29 is 4.79 Å². The summed E-state index contributed by atoms with van der Waals surface area (Å²) in [6.45, 7) is 3.76. The van der Waals surface area contributed by atoms with Crippen LogP contribution in [0.2, 0.25) is 10.0 Å². The highest BCUT2D eigenvalue weighted by molar-refractivity contribution is 7.99. The van der Waals surface area contributed by atoms with Gasteiger partial charge in [-0.25, -0.2) is 9.97 Å². The van der Waals surface area contributed by atoms with Gasteiger partial charge in [0.15, 0.2) is 11.6 Å². The number of aromatic amines is 1. The smallest absolute Gasteiger partial charge is 0.236 e. The van der Waals surface area contributed by atoms with Crippen molar-refractivity contribution in [2.75, 3.05) is 11.1 Å². The summed E-state index contributed by atoms with van der Waals surface area (Å²) in [7, 11) is 0. The van der Waals surface area contributed by atoms with Crippen molar-refractivity contribution in [2.45, 2.75) is 19.0 Å². The Morgan fingerprint density at radius 1 is 1.15 bits per heavy atom. The molecule has 0 aliphatic heterocycles. The van der Waals surface area contributed by atoms with E-state index in [-0.39, 0.29) is 17.5 Å². The number of nitrogens with one attached hydrogen (secondary N) is 2. The molecule has 0 fully saturated rings. The summed E-state index contributed by atoms with van der Waals surface area (Å²) in [6, 6.07) is 9.49. The first kappa shape index (κ1) is 18.7. The number of anilines is 1. The number of aromatic nitrogens is 4. The SMILES string of the molecule is Cc1ccc(-c2nc(SCC(=O)Nc3nc(C)c(Cl)cc3Cl)n[nH]2)cc1. The summed E-state index contributed by atoms with van der Waals surface area (Å²) < 4.78 is 0. The first-order valence-corrected chi connectivity index (χ1v) is 9.41. The summed E-state index contributed by atoms with van der Waals surface area (Å²) in [4.78, 5) is 20.7. The number of benzene rings is 1. The van der Waals surface area contributed by atoms with Crippen LogP contribution in [-0.2, 0) is 4.79 Å². The highest BCUT2D eigenvalue weighted by atomic mass is 35.5. The number of amides is 1. The van der Waals surface area contributed by atoms with E-state index in [4.69, 9.17) is 23.2 Å². The third-order valence-electron chi connectivity index (χ3n) is 3.48. The van der Waals surface area contributed by atoms with E-state index in [9.17, 15) is 4.79 Å². The van der Waals surface area contributed by atoms with Crippen LogP contribution in [0.25, 0.3) is 11.4 Å². The number of nitrogens with zero attached hydrogens (tertiary/aromatic N) is 3. The molecule has 1 aromatic carbocycles. The number of carbonyl (C=O) groups is 1. The molecule has 9 heteroatoms. The van der Waals surface area contributed by atoms with E-state index in [1.54, 1.807) is 13.0 Å². The zero-order valence-corrected chi connectivity index (χ0v) is 16.3. The van der Waals surface area contributed by atoms with Crippen molar-refractivity contribution >= 4 is 46.7 Å². The largest absolute Gasteiger partial charge is 0.309 e. The Morgan fingerprint density at radius 3 is 2.62 bits per heavy atom. The van der Waals surface area contributed by atoms with E-state index in [2.05, 4.69) is 25.5 Å².